The van der Waals surface area contributed by atoms with E-state index in [1.807, 2.05) is 0 Å². The van der Waals surface area contributed by atoms with Crippen LogP contribution in [-0.4, -0.2) is 36.6 Å². The monoisotopic (exact) mass is 460 g/mol. The summed E-state index contributed by atoms with van der Waals surface area (Å²) in [5.41, 5.74) is -0.000860. The lowest BCUT2D eigenvalue weighted by Crippen LogP contribution is -2.06. The smallest absolute Gasteiger partial charge is 0.303 e. The van der Waals surface area contributed by atoms with E-state index >= 15 is 0 Å². The number of ketones is 1. The second-order valence-electron chi connectivity index (χ2n) is 6.64. The van der Waals surface area contributed by atoms with Gasteiger partial charge in [0.25, 0.3) is 0 Å². The maximum atomic E-state index is 14.7. The van der Waals surface area contributed by atoms with E-state index in [1.54, 1.807) is 18.2 Å². The summed E-state index contributed by atoms with van der Waals surface area (Å²) in [6, 6.07) is 10.5. The van der Waals surface area contributed by atoms with E-state index < -0.39 is 42.0 Å². The van der Waals surface area contributed by atoms with E-state index in [0.717, 1.165) is 15.9 Å². The van der Waals surface area contributed by atoms with Crippen LogP contribution in [0.3, 0.4) is 0 Å². The van der Waals surface area contributed by atoms with E-state index in [-0.39, 0.29) is 22.0 Å². The van der Waals surface area contributed by atoms with Crippen molar-refractivity contribution in [2.45, 2.75) is 12.8 Å². The second-order valence-corrected chi connectivity index (χ2v) is 8.08. The quantitative estimate of drug-likeness (QED) is 0.349. The zero-order chi connectivity index (χ0) is 22.3. The Hall–Kier alpha value is -3.43. The molecule has 0 radical (unpaired) electrons. The molecule has 0 atom stereocenters. The van der Waals surface area contributed by atoms with E-state index in [2.05, 4.69) is 4.98 Å². The highest BCUT2D eigenvalue weighted by molar-refractivity contribution is 7.20. The number of fused-ring (bicyclic) bond motifs is 1. The first-order valence-electron chi connectivity index (χ1n) is 9.01. The SMILES string of the molecule is O=C(O)CCC(=O)c1c(O)c(O)n(-c2nc3ccc(Cl)cc3s2)c1-c1ccccc1F. The molecule has 0 bridgehead atoms. The average molecular weight is 461 g/mol. The minimum atomic E-state index is -1.20. The van der Waals surface area contributed by atoms with Crippen LogP contribution in [0.15, 0.2) is 42.5 Å². The highest BCUT2D eigenvalue weighted by Gasteiger charge is 2.31. The molecule has 0 aliphatic heterocycles. The lowest BCUT2D eigenvalue weighted by molar-refractivity contribution is -0.136. The number of benzene rings is 2. The van der Waals surface area contributed by atoms with Crippen LogP contribution in [0.5, 0.6) is 11.6 Å². The number of aromatic hydroxyl groups is 2. The van der Waals surface area contributed by atoms with Gasteiger partial charge >= 0.3 is 5.97 Å². The predicted octanol–water partition coefficient (Wildman–Crippen LogP) is 5.01. The lowest BCUT2D eigenvalue weighted by Gasteiger charge is -2.10. The zero-order valence-corrected chi connectivity index (χ0v) is 17.2. The Morgan fingerprint density at radius 1 is 1.13 bits per heavy atom. The Morgan fingerprint density at radius 2 is 1.87 bits per heavy atom. The third kappa shape index (κ3) is 3.73. The molecule has 2 aromatic heterocycles. The molecule has 0 amide bonds. The number of aromatic nitrogens is 2. The van der Waals surface area contributed by atoms with Gasteiger partial charge < -0.3 is 15.3 Å². The number of carbonyl (C=O) groups is 2. The Labute approximate surface area is 183 Å². The van der Waals surface area contributed by atoms with Gasteiger partial charge in [0.2, 0.25) is 5.88 Å². The summed E-state index contributed by atoms with van der Waals surface area (Å²) < 4.78 is 16.5. The molecule has 0 fully saturated rings. The number of hydrogen-bond acceptors (Lipinski definition) is 6. The van der Waals surface area contributed by atoms with Crippen LogP contribution in [-0.2, 0) is 4.79 Å². The molecule has 3 N–H and O–H groups in total. The summed E-state index contributed by atoms with van der Waals surface area (Å²) in [6.45, 7) is 0. The number of carboxylic acid groups (broad SMARTS) is 1. The third-order valence-corrected chi connectivity index (χ3v) is 5.86. The molecule has 2 heterocycles. The maximum absolute atomic E-state index is 14.7. The van der Waals surface area contributed by atoms with Crippen LogP contribution in [0, 0.1) is 5.82 Å². The van der Waals surface area contributed by atoms with Gasteiger partial charge in [-0.2, -0.15) is 0 Å². The van der Waals surface area contributed by atoms with Crippen LogP contribution in [0.25, 0.3) is 26.6 Å². The summed E-state index contributed by atoms with van der Waals surface area (Å²) in [4.78, 5) is 28.1. The number of aliphatic carboxylic acids is 1. The first kappa shape index (κ1) is 20.8. The van der Waals surface area contributed by atoms with Gasteiger partial charge in [-0.1, -0.05) is 35.1 Å². The lowest BCUT2D eigenvalue weighted by atomic mass is 10.0. The van der Waals surface area contributed by atoms with Crippen molar-refractivity contribution in [3.63, 3.8) is 0 Å². The van der Waals surface area contributed by atoms with Gasteiger partial charge in [-0.05, 0) is 30.3 Å². The minimum Gasteiger partial charge on any atom is -0.503 e. The van der Waals surface area contributed by atoms with Crippen molar-refractivity contribution in [3.8, 4) is 28.0 Å². The van der Waals surface area contributed by atoms with Crippen molar-refractivity contribution < 1.29 is 29.3 Å². The molecule has 158 valence electrons. The normalized spacial score (nSPS) is 11.2. The van der Waals surface area contributed by atoms with E-state index in [9.17, 15) is 24.2 Å². The fourth-order valence-electron chi connectivity index (χ4n) is 3.23. The number of Topliss-reactive ketones (excluding diaryl/α,β-unsaturated/α-hetero) is 1. The number of rotatable bonds is 6. The van der Waals surface area contributed by atoms with Crippen LogP contribution < -0.4 is 0 Å². The molecule has 0 aliphatic rings. The number of carbonyl (C=O) groups excluding carboxylic acids is 1. The van der Waals surface area contributed by atoms with Crippen LogP contribution in [0.1, 0.15) is 23.2 Å². The van der Waals surface area contributed by atoms with Gasteiger partial charge in [0, 0.05) is 17.0 Å². The number of nitrogens with zero attached hydrogens (tertiary/aromatic N) is 2. The molecule has 0 spiro atoms. The number of carboxylic acids is 1. The van der Waals surface area contributed by atoms with Crippen LogP contribution in [0.2, 0.25) is 5.02 Å². The Morgan fingerprint density at radius 3 is 2.58 bits per heavy atom. The van der Waals surface area contributed by atoms with Gasteiger partial charge in [0.15, 0.2) is 16.7 Å². The minimum absolute atomic E-state index is 0.0611. The number of halogens is 2. The van der Waals surface area contributed by atoms with Gasteiger partial charge in [-0.3, -0.25) is 14.2 Å². The van der Waals surface area contributed by atoms with Crippen molar-refractivity contribution in [3.05, 3.63) is 58.9 Å². The number of hydrogen-bond donors (Lipinski definition) is 3. The second kappa shape index (κ2) is 8.01. The summed E-state index contributed by atoms with van der Waals surface area (Å²) in [6.07, 6.45) is -0.927. The highest BCUT2D eigenvalue weighted by Crippen LogP contribution is 2.45. The van der Waals surface area contributed by atoms with E-state index in [0.29, 0.717) is 15.2 Å². The molecule has 4 aromatic rings. The summed E-state index contributed by atoms with van der Waals surface area (Å²) >= 11 is 7.14. The summed E-state index contributed by atoms with van der Waals surface area (Å²) in [5, 5.41) is 30.8. The molecule has 31 heavy (non-hydrogen) atoms. The fraction of sp³-hybridized carbons (Fsp3) is 0.0952. The number of thiazole rings is 1. The molecular weight excluding hydrogens is 447 g/mol. The highest BCUT2D eigenvalue weighted by atomic mass is 35.5. The van der Waals surface area contributed by atoms with Crippen molar-refractivity contribution in [1.29, 1.82) is 0 Å². The molecule has 2 aromatic carbocycles. The Bertz CT molecular complexity index is 1350. The summed E-state index contributed by atoms with van der Waals surface area (Å²) in [7, 11) is 0. The first-order valence-corrected chi connectivity index (χ1v) is 10.2. The maximum Gasteiger partial charge on any atom is 0.303 e. The molecule has 7 nitrogen and oxygen atoms in total. The standard InChI is InChI=1S/C21H14ClFN2O5S/c22-10-5-6-13-15(9-10)31-21(24-13)25-18(11-3-1-2-4-12(11)23)17(19(29)20(25)30)14(26)7-8-16(27)28/h1-6,9,29-30H,7-8H2,(H,27,28). The fourth-order valence-corrected chi connectivity index (χ4v) is 4.48. The summed E-state index contributed by atoms with van der Waals surface area (Å²) in [5.74, 6) is -4.13. The third-order valence-electron chi connectivity index (χ3n) is 4.63. The molecule has 0 unspecified atom stereocenters. The molecule has 0 saturated carbocycles. The van der Waals surface area contributed by atoms with E-state index in [4.69, 9.17) is 16.7 Å². The van der Waals surface area contributed by atoms with Crippen molar-refractivity contribution >= 4 is 44.9 Å². The van der Waals surface area contributed by atoms with Crippen LogP contribution in [0.4, 0.5) is 4.39 Å². The molecule has 0 aliphatic carbocycles. The average Bonchev–Trinajstić information content (AvgIpc) is 3.24. The van der Waals surface area contributed by atoms with Gasteiger partial charge in [0.1, 0.15) is 5.82 Å². The van der Waals surface area contributed by atoms with Crippen molar-refractivity contribution in [2.75, 3.05) is 0 Å². The topological polar surface area (TPSA) is 113 Å². The van der Waals surface area contributed by atoms with Gasteiger partial charge in [-0.15, -0.1) is 0 Å². The molecule has 0 saturated heterocycles. The van der Waals surface area contributed by atoms with E-state index in [1.165, 1.54) is 24.3 Å². The zero-order valence-electron chi connectivity index (χ0n) is 15.7. The van der Waals surface area contributed by atoms with Crippen LogP contribution >= 0.6 is 22.9 Å². The van der Waals surface area contributed by atoms with Crippen molar-refractivity contribution in [2.24, 2.45) is 0 Å². The van der Waals surface area contributed by atoms with Gasteiger partial charge in [-0.25, -0.2) is 9.37 Å². The Kier molecular flexibility index (Phi) is 5.38. The first-order chi connectivity index (χ1) is 14.8. The Balaban J connectivity index is 2.00. The van der Waals surface area contributed by atoms with Gasteiger partial charge in [0.05, 0.1) is 27.9 Å². The molecule has 4 rings (SSSR count). The largest absolute Gasteiger partial charge is 0.503 e. The van der Waals surface area contributed by atoms with Crippen molar-refractivity contribution in [1.82, 2.24) is 9.55 Å². The molecular formula is C21H14ClFN2O5S. The predicted molar refractivity (Wildman–Crippen MR) is 114 cm³/mol. The molecule has 10 heteroatoms.